The molecule has 0 heterocycles. The fourth-order valence-corrected chi connectivity index (χ4v) is 1.78. The minimum absolute atomic E-state index is 0.00372. The largest absolute Gasteiger partial charge is 0.462 e. The van der Waals surface area contributed by atoms with Crippen LogP contribution in [-0.4, -0.2) is 24.1 Å². The smallest absolute Gasteiger partial charge is 0.306 e. The molecule has 0 bridgehead atoms. The van der Waals surface area contributed by atoms with Gasteiger partial charge in [-0.15, -0.1) is 0 Å². The molecule has 0 radical (unpaired) electrons. The second kappa shape index (κ2) is 10.8. The van der Waals surface area contributed by atoms with Gasteiger partial charge in [0.15, 0.2) is 0 Å². The van der Waals surface area contributed by atoms with Crippen LogP contribution >= 0.6 is 0 Å². The highest BCUT2D eigenvalue weighted by molar-refractivity contribution is 5.72. The molecule has 0 aromatic carbocycles. The van der Waals surface area contributed by atoms with E-state index in [1.54, 1.807) is 0 Å². The summed E-state index contributed by atoms with van der Waals surface area (Å²) in [6, 6.07) is 0. The molecule has 0 aliphatic rings. The van der Waals surface area contributed by atoms with E-state index in [2.05, 4.69) is 0 Å². The molecule has 0 amide bonds. The van der Waals surface area contributed by atoms with E-state index in [-0.39, 0.29) is 37.0 Å². The van der Waals surface area contributed by atoms with Crippen molar-refractivity contribution in [3.63, 3.8) is 0 Å². The number of hydrogen-bond acceptors (Lipinski definition) is 4. The second-order valence-corrected chi connectivity index (χ2v) is 4.71. The lowest BCUT2D eigenvalue weighted by Crippen LogP contribution is -2.18. The first-order valence-electron chi connectivity index (χ1n) is 7.46. The standard InChI is InChI=1S/C15H28O4/c1-5-12(6-2)18-14(16)10-9-11-15(17)19-13(7-3)8-4/h12-13H,5-11H2,1-4H3. The molecule has 19 heavy (non-hydrogen) atoms. The van der Waals surface area contributed by atoms with E-state index in [9.17, 15) is 9.59 Å². The van der Waals surface area contributed by atoms with Crippen LogP contribution in [0.25, 0.3) is 0 Å². The quantitative estimate of drug-likeness (QED) is 0.570. The van der Waals surface area contributed by atoms with Gasteiger partial charge < -0.3 is 9.47 Å². The van der Waals surface area contributed by atoms with Crippen molar-refractivity contribution in [2.24, 2.45) is 0 Å². The van der Waals surface area contributed by atoms with Gasteiger partial charge in [-0.1, -0.05) is 27.7 Å². The summed E-state index contributed by atoms with van der Waals surface area (Å²) in [6.45, 7) is 7.98. The van der Waals surface area contributed by atoms with E-state index >= 15 is 0 Å². The molecule has 0 saturated carbocycles. The second-order valence-electron chi connectivity index (χ2n) is 4.71. The Hall–Kier alpha value is -1.06. The minimum atomic E-state index is -0.218. The summed E-state index contributed by atoms with van der Waals surface area (Å²) in [4.78, 5) is 23.0. The number of carbonyl (C=O) groups excluding carboxylic acids is 2. The SMILES string of the molecule is CCC(CC)OC(=O)CCCC(=O)OC(CC)CC. The zero-order valence-corrected chi connectivity index (χ0v) is 12.7. The third kappa shape index (κ3) is 8.62. The predicted molar refractivity (Wildman–Crippen MR) is 74.8 cm³/mol. The number of rotatable bonds is 10. The highest BCUT2D eigenvalue weighted by Gasteiger charge is 2.13. The van der Waals surface area contributed by atoms with E-state index in [4.69, 9.17) is 9.47 Å². The molecule has 0 rings (SSSR count). The van der Waals surface area contributed by atoms with Crippen molar-refractivity contribution < 1.29 is 19.1 Å². The van der Waals surface area contributed by atoms with Crippen molar-refractivity contribution in [3.8, 4) is 0 Å². The van der Waals surface area contributed by atoms with Crippen molar-refractivity contribution in [1.82, 2.24) is 0 Å². The van der Waals surface area contributed by atoms with Crippen LogP contribution in [0.4, 0.5) is 0 Å². The highest BCUT2D eigenvalue weighted by Crippen LogP contribution is 2.09. The Bertz CT molecular complexity index is 229. The molecule has 0 atom stereocenters. The van der Waals surface area contributed by atoms with Crippen LogP contribution in [0.1, 0.15) is 72.6 Å². The van der Waals surface area contributed by atoms with Gasteiger partial charge in [-0.2, -0.15) is 0 Å². The Morgan fingerprint density at radius 2 is 1.05 bits per heavy atom. The van der Waals surface area contributed by atoms with E-state index < -0.39 is 0 Å². The molecule has 0 aliphatic heterocycles. The Balaban J connectivity index is 3.78. The first kappa shape index (κ1) is 17.9. The van der Waals surface area contributed by atoms with E-state index in [1.165, 1.54) is 0 Å². The first-order chi connectivity index (χ1) is 9.07. The maximum atomic E-state index is 11.5. The van der Waals surface area contributed by atoms with Crippen LogP contribution in [0, 0.1) is 0 Å². The first-order valence-corrected chi connectivity index (χ1v) is 7.46. The lowest BCUT2D eigenvalue weighted by atomic mass is 10.2. The van der Waals surface area contributed by atoms with E-state index in [0.717, 1.165) is 25.7 Å². The molecule has 0 fully saturated rings. The average Bonchev–Trinajstić information content (AvgIpc) is 2.42. The third-order valence-electron chi connectivity index (χ3n) is 3.18. The molecule has 4 nitrogen and oxygen atoms in total. The van der Waals surface area contributed by atoms with Crippen molar-refractivity contribution in [2.75, 3.05) is 0 Å². The van der Waals surface area contributed by atoms with Crippen LogP contribution in [0.5, 0.6) is 0 Å². The van der Waals surface area contributed by atoms with Gasteiger partial charge in [-0.3, -0.25) is 9.59 Å². The van der Waals surface area contributed by atoms with Crippen molar-refractivity contribution in [2.45, 2.75) is 84.8 Å². The Labute approximate surface area is 116 Å². The molecule has 0 aliphatic carbocycles. The monoisotopic (exact) mass is 272 g/mol. The molecular formula is C15H28O4. The van der Waals surface area contributed by atoms with Crippen molar-refractivity contribution >= 4 is 11.9 Å². The maximum absolute atomic E-state index is 11.5. The number of ether oxygens (including phenoxy) is 2. The van der Waals surface area contributed by atoms with E-state index in [1.807, 2.05) is 27.7 Å². The number of hydrogen-bond donors (Lipinski definition) is 0. The lowest BCUT2D eigenvalue weighted by Gasteiger charge is -2.15. The van der Waals surface area contributed by atoms with Crippen molar-refractivity contribution in [3.05, 3.63) is 0 Å². The summed E-state index contributed by atoms with van der Waals surface area (Å²) in [5, 5.41) is 0. The van der Waals surface area contributed by atoms with Crippen LogP contribution in [0.2, 0.25) is 0 Å². The highest BCUT2D eigenvalue weighted by atomic mass is 16.5. The number of carbonyl (C=O) groups is 2. The van der Waals surface area contributed by atoms with Crippen LogP contribution in [-0.2, 0) is 19.1 Å². The van der Waals surface area contributed by atoms with Gasteiger partial charge in [0.1, 0.15) is 12.2 Å². The summed E-state index contributed by atoms with van der Waals surface area (Å²) in [6.07, 6.45) is 4.41. The van der Waals surface area contributed by atoms with Gasteiger partial charge in [0.25, 0.3) is 0 Å². The summed E-state index contributed by atoms with van der Waals surface area (Å²) >= 11 is 0. The molecular weight excluding hydrogens is 244 g/mol. The van der Waals surface area contributed by atoms with Crippen LogP contribution in [0.3, 0.4) is 0 Å². The normalized spacial score (nSPS) is 10.8. The van der Waals surface area contributed by atoms with Gasteiger partial charge in [0, 0.05) is 12.8 Å². The summed E-state index contributed by atoms with van der Waals surface area (Å²) in [5.41, 5.74) is 0. The van der Waals surface area contributed by atoms with Gasteiger partial charge >= 0.3 is 11.9 Å². The molecule has 4 heteroatoms. The number of esters is 2. The molecule has 112 valence electrons. The van der Waals surface area contributed by atoms with Crippen LogP contribution in [0.15, 0.2) is 0 Å². The van der Waals surface area contributed by atoms with Gasteiger partial charge in [0.05, 0.1) is 0 Å². The van der Waals surface area contributed by atoms with Gasteiger partial charge in [0.2, 0.25) is 0 Å². The minimum Gasteiger partial charge on any atom is -0.462 e. The Kier molecular flexibility index (Phi) is 10.2. The van der Waals surface area contributed by atoms with Gasteiger partial charge in [-0.05, 0) is 32.1 Å². The zero-order chi connectivity index (χ0) is 14.7. The molecule has 0 N–H and O–H groups in total. The predicted octanol–water partition coefficient (Wildman–Crippen LogP) is 3.62. The molecule has 0 unspecified atom stereocenters. The topological polar surface area (TPSA) is 52.6 Å². The van der Waals surface area contributed by atoms with Gasteiger partial charge in [-0.25, -0.2) is 0 Å². The molecule has 0 saturated heterocycles. The van der Waals surface area contributed by atoms with E-state index in [0.29, 0.717) is 6.42 Å². The van der Waals surface area contributed by atoms with Crippen LogP contribution < -0.4 is 0 Å². The maximum Gasteiger partial charge on any atom is 0.306 e. The third-order valence-corrected chi connectivity index (χ3v) is 3.18. The Morgan fingerprint density at radius 3 is 1.32 bits per heavy atom. The molecule has 0 aromatic rings. The lowest BCUT2D eigenvalue weighted by molar-refractivity contribution is -0.151. The fraction of sp³-hybridized carbons (Fsp3) is 0.867. The molecule has 0 aromatic heterocycles. The summed E-state index contributed by atoms with van der Waals surface area (Å²) in [5.74, 6) is -0.437. The average molecular weight is 272 g/mol. The zero-order valence-electron chi connectivity index (χ0n) is 12.7. The molecule has 0 spiro atoms. The summed E-state index contributed by atoms with van der Waals surface area (Å²) in [7, 11) is 0. The summed E-state index contributed by atoms with van der Waals surface area (Å²) < 4.78 is 10.5. The van der Waals surface area contributed by atoms with Crippen molar-refractivity contribution in [1.29, 1.82) is 0 Å². The Morgan fingerprint density at radius 1 is 0.737 bits per heavy atom. The fourth-order valence-electron chi connectivity index (χ4n) is 1.78.